The van der Waals surface area contributed by atoms with Crippen LogP contribution in [0.5, 0.6) is 5.88 Å². The molecule has 1 fully saturated rings. The van der Waals surface area contributed by atoms with E-state index in [-0.39, 0.29) is 34.9 Å². The molecule has 2 aromatic heterocycles. The van der Waals surface area contributed by atoms with E-state index in [1.807, 2.05) is 0 Å². The summed E-state index contributed by atoms with van der Waals surface area (Å²) in [5.74, 6) is -0.260. The molecule has 1 aliphatic rings. The van der Waals surface area contributed by atoms with Crippen molar-refractivity contribution in [3.63, 3.8) is 0 Å². The van der Waals surface area contributed by atoms with E-state index in [1.165, 1.54) is 23.6 Å². The summed E-state index contributed by atoms with van der Waals surface area (Å²) in [5.41, 5.74) is 0.872. The Balaban J connectivity index is 1.62. The Bertz CT molecular complexity index is 807. The normalized spacial score (nSPS) is 16.3. The Morgan fingerprint density at radius 1 is 1.50 bits per heavy atom. The van der Waals surface area contributed by atoms with Crippen molar-refractivity contribution in [1.82, 2.24) is 15.3 Å². The zero-order valence-corrected chi connectivity index (χ0v) is 15.5. The first-order valence-electron chi connectivity index (χ1n) is 7.91. The molecule has 1 aliphatic heterocycles. The molecule has 1 saturated heterocycles. The Labute approximate surface area is 158 Å². The lowest BCUT2D eigenvalue weighted by molar-refractivity contribution is -0.120. The molecule has 0 radical (unpaired) electrons. The monoisotopic (exact) mass is 396 g/mol. The van der Waals surface area contributed by atoms with Crippen molar-refractivity contribution in [1.29, 1.82) is 0 Å². The molecule has 3 heterocycles. The van der Waals surface area contributed by atoms with Crippen molar-refractivity contribution in [2.75, 3.05) is 25.6 Å². The minimum Gasteiger partial charge on any atom is -0.471 e. The lowest BCUT2D eigenvalue weighted by atomic mass is 10.2. The second-order valence-electron chi connectivity index (χ2n) is 5.56. The van der Waals surface area contributed by atoms with Gasteiger partial charge in [-0.15, -0.1) is 11.3 Å². The van der Waals surface area contributed by atoms with Crippen LogP contribution < -0.4 is 15.4 Å². The molecule has 2 aromatic rings. The quantitative estimate of drug-likeness (QED) is 0.773. The predicted octanol–water partition coefficient (Wildman–Crippen LogP) is 1.90. The van der Waals surface area contributed by atoms with Crippen molar-refractivity contribution >= 4 is 39.9 Å². The molecule has 1 unspecified atom stereocenters. The van der Waals surface area contributed by atoms with E-state index in [9.17, 15) is 9.59 Å². The zero-order chi connectivity index (χ0) is 18.5. The van der Waals surface area contributed by atoms with Gasteiger partial charge in [-0.3, -0.25) is 14.9 Å². The van der Waals surface area contributed by atoms with Crippen molar-refractivity contribution in [2.45, 2.75) is 18.9 Å². The van der Waals surface area contributed by atoms with Crippen LogP contribution in [0.4, 0.5) is 5.13 Å². The van der Waals surface area contributed by atoms with Crippen LogP contribution >= 0.6 is 22.9 Å². The number of carbonyl (C=O) groups excluding carboxylic acids is 2. The van der Waals surface area contributed by atoms with Gasteiger partial charge in [-0.1, -0.05) is 11.6 Å². The van der Waals surface area contributed by atoms with E-state index in [4.69, 9.17) is 21.1 Å². The Hall–Kier alpha value is -2.23. The van der Waals surface area contributed by atoms with Gasteiger partial charge in [0.05, 0.1) is 30.9 Å². The maximum absolute atomic E-state index is 12.3. The van der Waals surface area contributed by atoms with Gasteiger partial charge in [-0.2, -0.15) is 0 Å². The lowest BCUT2D eigenvalue weighted by Gasteiger charge is -2.12. The Morgan fingerprint density at radius 2 is 2.35 bits per heavy atom. The molecule has 26 heavy (non-hydrogen) atoms. The number of thiazole rings is 1. The summed E-state index contributed by atoms with van der Waals surface area (Å²) in [6.07, 6.45) is 2.26. The summed E-state index contributed by atoms with van der Waals surface area (Å²) < 4.78 is 10.9. The number of hydrogen-bond acceptors (Lipinski definition) is 7. The van der Waals surface area contributed by atoms with Crippen LogP contribution in [-0.4, -0.2) is 48.1 Å². The van der Waals surface area contributed by atoms with Crippen LogP contribution in [0.25, 0.3) is 0 Å². The molecule has 10 heteroatoms. The van der Waals surface area contributed by atoms with E-state index < -0.39 is 5.91 Å². The highest BCUT2D eigenvalue weighted by atomic mass is 35.5. The minimum atomic E-state index is -0.393. The van der Waals surface area contributed by atoms with Crippen molar-refractivity contribution < 1.29 is 19.1 Å². The largest absolute Gasteiger partial charge is 0.471 e. The van der Waals surface area contributed by atoms with Crippen molar-refractivity contribution in [2.24, 2.45) is 0 Å². The maximum Gasteiger partial charge on any atom is 0.259 e. The summed E-state index contributed by atoms with van der Waals surface area (Å²) in [6, 6.07) is 1.49. The third kappa shape index (κ3) is 4.69. The number of nitrogens with zero attached hydrogens (tertiary/aromatic N) is 2. The van der Waals surface area contributed by atoms with E-state index in [2.05, 4.69) is 20.6 Å². The number of aromatic nitrogens is 2. The smallest absolute Gasteiger partial charge is 0.259 e. The number of carbonyl (C=O) groups is 2. The molecule has 8 nitrogen and oxygen atoms in total. The van der Waals surface area contributed by atoms with Crippen LogP contribution in [0.2, 0.25) is 5.02 Å². The standard InChI is InChI=1S/C16H17ClN4O4S/c1-18-13(22)5-10-8-26-16(20-10)21-14(23)9-4-12(17)15(19-6-9)25-11-2-3-24-7-11/h4,6,8,11H,2-3,5,7H2,1H3,(H,18,22)(H,20,21,23). The molecule has 2 amide bonds. The molecule has 3 rings (SSSR count). The number of likely N-dealkylation sites (N-methyl/N-ethyl adjacent to an activating group) is 1. The molecular weight excluding hydrogens is 380 g/mol. The summed E-state index contributed by atoms with van der Waals surface area (Å²) in [6.45, 7) is 1.15. The number of amides is 2. The highest BCUT2D eigenvalue weighted by Gasteiger charge is 2.20. The second kappa shape index (κ2) is 8.43. The highest BCUT2D eigenvalue weighted by Crippen LogP contribution is 2.26. The molecule has 0 saturated carbocycles. The number of pyridine rings is 1. The van der Waals surface area contributed by atoms with Crippen molar-refractivity contribution in [3.05, 3.63) is 33.9 Å². The topological polar surface area (TPSA) is 102 Å². The maximum atomic E-state index is 12.3. The summed E-state index contributed by atoms with van der Waals surface area (Å²) >= 11 is 7.41. The van der Waals surface area contributed by atoms with Gasteiger partial charge in [-0.25, -0.2) is 9.97 Å². The number of nitrogens with one attached hydrogen (secondary N) is 2. The van der Waals surface area contributed by atoms with E-state index in [0.29, 0.717) is 24.0 Å². The molecular formula is C16H17ClN4O4S. The third-order valence-corrected chi connectivity index (χ3v) is 4.71. The molecule has 0 aliphatic carbocycles. The molecule has 2 N–H and O–H groups in total. The number of anilines is 1. The Kier molecular flexibility index (Phi) is 6.02. The lowest BCUT2D eigenvalue weighted by Crippen LogP contribution is -2.20. The summed E-state index contributed by atoms with van der Waals surface area (Å²) in [7, 11) is 1.56. The van der Waals surface area contributed by atoms with E-state index in [1.54, 1.807) is 12.4 Å². The van der Waals surface area contributed by atoms with Gasteiger partial charge in [0.1, 0.15) is 11.1 Å². The van der Waals surface area contributed by atoms with Gasteiger partial charge in [0, 0.05) is 25.0 Å². The summed E-state index contributed by atoms with van der Waals surface area (Å²) in [4.78, 5) is 32.0. The van der Waals surface area contributed by atoms with Gasteiger partial charge in [0.25, 0.3) is 5.91 Å². The van der Waals surface area contributed by atoms with Crippen LogP contribution in [0.3, 0.4) is 0 Å². The first-order valence-corrected chi connectivity index (χ1v) is 9.17. The van der Waals surface area contributed by atoms with Crippen LogP contribution in [0.15, 0.2) is 17.6 Å². The summed E-state index contributed by atoms with van der Waals surface area (Å²) in [5, 5.41) is 7.56. The van der Waals surface area contributed by atoms with Gasteiger partial charge in [0.15, 0.2) is 5.13 Å². The second-order valence-corrected chi connectivity index (χ2v) is 6.83. The fraction of sp³-hybridized carbons (Fsp3) is 0.375. The fourth-order valence-corrected chi connectivity index (χ4v) is 3.18. The fourth-order valence-electron chi connectivity index (χ4n) is 2.27. The minimum absolute atomic E-state index is 0.0752. The molecule has 138 valence electrons. The highest BCUT2D eigenvalue weighted by molar-refractivity contribution is 7.14. The van der Waals surface area contributed by atoms with E-state index >= 15 is 0 Å². The van der Waals surface area contributed by atoms with Crippen LogP contribution in [0, 0.1) is 0 Å². The average molecular weight is 397 g/mol. The zero-order valence-electron chi connectivity index (χ0n) is 14.0. The van der Waals surface area contributed by atoms with Gasteiger partial charge >= 0.3 is 0 Å². The molecule has 0 aromatic carbocycles. The average Bonchev–Trinajstić information content (AvgIpc) is 3.28. The molecule has 0 bridgehead atoms. The van der Waals surface area contributed by atoms with E-state index in [0.717, 1.165) is 6.42 Å². The third-order valence-electron chi connectivity index (χ3n) is 3.63. The number of ether oxygens (including phenoxy) is 2. The molecule has 1 atom stereocenters. The Morgan fingerprint density at radius 3 is 3.04 bits per heavy atom. The SMILES string of the molecule is CNC(=O)Cc1csc(NC(=O)c2cnc(OC3CCOC3)c(Cl)c2)n1. The van der Waals surface area contributed by atoms with Gasteiger partial charge in [0.2, 0.25) is 11.8 Å². The van der Waals surface area contributed by atoms with Gasteiger partial charge in [-0.05, 0) is 6.07 Å². The number of hydrogen-bond donors (Lipinski definition) is 2. The van der Waals surface area contributed by atoms with Crippen LogP contribution in [-0.2, 0) is 16.0 Å². The van der Waals surface area contributed by atoms with Crippen molar-refractivity contribution in [3.8, 4) is 5.88 Å². The van der Waals surface area contributed by atoms with Crippen LogP contribution in [0.1, 0.15) is 22.5 Å². The van der Waals surface area contributed by atoms with Gasteiger partial charge < -0.3 is 14.8 Å². The first-order chi connectivity index (χ1) is 12.5. The number of rotatable bonds is 6. The molecule has 0 spiro atoms. The first kappa shape index (κ1) is 18.6. The predicted molar refractivity (Wildman–Crippen MR) is 96.9 cm³/mol. The number of halogens is 1.